The van der Waals surface area contributed by atoms with Gasteiger partial charge in [-0.15, -0.1) is 0 Å². The first kappa shape index (κ1) is 28.6. The third-order valence-electron chi connectivity index (χ3n) is 7.74. The predicted octanol–water partition coefficient (Wildman–Crippen LogP) is 4.29. The molecule has 0 spiro atoms. The van der Waals surface area contributed by atoms with E-state index in [2.05, 4.69) is 42.3 Å². The summed E-state index contributed by atoms with van der Waals surface area (Å²) in [5, 5.41) is 12.9. The first-order valence-electron chi connectivity index (χ1n) is 14.1. The highest BCUT2D eigenvalue weighted by Crippen LogP contribution is 2.31. The highest BCUT2D eigenvalue weighted by Gasteiger charge is 2.30. The van der Waals surface area contributed by atoms with Crippen molar-refractivity contribution in [2.24, 2.45) is 5.92 Å². The Morgan fingerprint density at radius 3 is 2.68 bits per heavy atom. The summed E-state index contributed by atoms with van der Waals surface area (Å²) in [4.78, 5) is 17.7. The van der Waals surface area contributed by atoms with Gasteiger partial charge in [0.25, 0.3) is 0 Å². The average molecular weight is 524 g/mol. The standard InChI is InChI=1S/C31H45N3O4/c1-22-16-28(11-8-27(22)19-34-15-14-32-23(2)18-34)33(4)31(36)26-9-12-29(13-10-26)38-30-7-5-6-25(17-30)21-37-20-24(3)35/h5-8,11,16-17,23-24,26,29,32,35H,9-10,12-15,18-21H2,1-4H3/t23-,24+,26?,29?/m0/s1. The molecule has 2 aliphatic rings. The van der Waals surface area contributed by atoms with Gasteiger partial charge in [0.2, 0.25) is 5.91 Å². The van der Waals surface area contributed by atoms with E-state index >= 15 is 0 Å². The summed E-state index contributed by atoms with van der Waals surface area (Å²) in [6.45, 7) is 11.0. The number of aliphatic hydroxyl groups excluding tert-OH is 1. The van der Waals surface area contributed by atoms with Gasteiger partial charge in [-0.2, -0.15) is 0 Å². The smallest absolute Gasteiger partial charge is 0.229 e. The highest BCUT2D eigenvalue weighted by atomic mass is 16.5. The van der Waals surface area contributed by atoms with Crippen molar-refractivity contribution < 1.29 is 19.4 Å². The Balaban J connectivity index is 1.26. The van der Waals surface area contributed by atoms with Crippen molar-refractivity contribution in [1.29, 1.82) is 0 Å². The van der Waals surface area contributed by atoms with E-state index < -0.39 is 6.10 Å². The molecular weight excluding hydrogens is 478 g/mol. The molecule has 0 radical (unpaired) electrons. The number of aryl methyl sites for hydroxylation is 1. The summed E-state index contributed by atoms with van der Waals surface area (Å²) in [5.74, 6) is 1.06. The number of aliphatic hydroxyl groups is 1. The van der Waals surface area contributed by atoms with Crippen molar-refractivity contribution in [3.8, 4) is 5.75 Å². The Labute approximate surface area is 228 Å². The number of rotatable bonds is 10. The quantitative estimate of drug-likeness (QED) is 0.484. The minimum atomic E-state index is -0.471. The molecule has 1 aliphatic carbocycles. The zero-order valence-corrected chi connectivity index (χ0v) is 23.5. The molecular formula is C31H45N3O4. The van der Waals surface area contributed by atoms with Crippen LogP contribution in [0.25, 0.3) is 0 Å². The van der Waals surface area contributed by atoms with Crippen LogP contribution < -0.4 is 15.0 Å². The Hall–Kier alpha value is -2.45. The van der Waals surface area contributed by atoms with Crippen LogP contribution in [-0.4, -0.2) is 67.5 Å². The maximum absolute atomic E-state index is 13.3. The minimum Gasteiger partial charge on any atom is -0.490 e. The maximum Gasteiger partial charge on any atom is 0.229 e. The lowest BCUT2D eigenvalue weighted by Gasteiger charge is -2.32. The third kappa shape index (κ3) is 8.03. The highest BCUT2D eigenvalue weighted by molar-refractivity contribution is 5.94. The lowest BCUT2D eigenvalue weighted by atomic mass is 9.86. The lowest BCUT2D eigenvalue weighted by molar-refractivity contribution is -0.123. The van der Waals surface area contributed by atoms with E-state index in [-0.39, 0.29) is 17.9 Å². The van der Waals surface area contributed by atoms with Crippen LogP contribution in [0.4, 0.5) is 5.69 Å². The van der Waals surface area contributed by atoms with Gasteiger partial charge in [-0.3, -0.25) is 9.69 Å². The molecule has 7 heteroatoms. The average Bonchev–Trinajstić information content (AvgIpc) is 2.89. The molecule has 1 saturated heterocycles. The molecule has 1 aliphatic heterocycles. The van der Waals surface area contributed by atoms with Crippen molar-refractivity contribution in [2.45, 2.75) is 77.9 Å². The predicted molar refractivity (Wildman–Crippen MR) is 151 cm³/mol. The summed E-state index contributed by atoms with van der Waals surface area (Å²) >= 11 is 0. The maximum atomic E-state index is 13.3. The van der Waals surface area contributed by atoms with Crippen molar-refractivity contribution in [3.63, 3.8) is 0 Å². The third-order valence-corrected chi connectivity index (χ3v) is 7.74. The Morgan fingerprint density at radius 2 is 1.97 bits per heavy atom. The van der Waals surface area contributed by atoms with Gasteiger partial charge in [-0.05, 0) is 87.4 Å². The van der Waals surface area contributed by atoms with E-state index in [0.29, 0.717) is 19.3 Å². The number of anilines is 1. The van der Waals surface area contributed by atoms with Crippen LogP contribution in [0.1, 0.15) is 56.2 Å². The number of carbonyl (C=O) groups excluding carboxylic acids is 1. The number of hydrogen-bond acceptors (Lipinski definition) is 6. The molecule has 1 heterocycles. The fourth-order valence-electron chi connectivity index (χ4n) is 5.54. The monoisotopic (exact) mass is 523 g/mol. The normalized spacial score (nSPS) is 23.1. The second-order valence-electron chi connectivity index (χ2n) is 11.2. The molecule has 2 aromatic rings. The van der Waals surface area contributed by atoms with E-state index in [1.54, 1.807) is 6.92 Å². The molecule has 2 atom stereocenters. The summed E-state index contributed by atoms with van der Waals surface area (Å²) in [6.07, 6.45) is 3.06. The molecule has 208 valence electrons. The van der Waals surface area contributed by atoms with Crippen LogP contribution in [-0.2, 0) is 22.7 Å². The molecule has 7 nitrogen and oxygen atoms in total. The number of ether oxygens (including phenoxy) is 2. The molecule has 38 heavy (non-hydrogen) atoms. The molecule has 1 amide bonds. The van der Waals surface area contributed by atoms with Crippen LogP contribution in [0, 0.1) is 12.8 Å². The van der Waals surface area contributed by atoms with Gasteiger partial charge in [0.05, 0.1) is 25.4 Å². The van der Waals surface area contributed by atoms with Crippen LogP contribution >= 0.6 is 0 Å². The van der Waals surface area contributed by atoms with Gasteiger partial charge in [-0.25, -0.2) is 0 Å². The van der Waals surface area contributed by atoms with Crippen LogP contribution in [0.15, 0.2) is 42.5 Å². The topological polar surface area (TPSA) is 74.3 Å². The van der Waals surface area contributed by atoms with E-state index in [0.717, 1.165) is 68.9 Å². The molecule has 0 aromatic heterocycles. The van der Waals surface area contributed by atoms with Gasteiger partial charge < -0.3 is 24.8 Å². The molecule has 4 rings (SSSR count). The van der Waals surface area contributed by atoms with Crippen LogP contribution in [0.2, 0.25) is 0 Å². The second kappa shape index (κ2) is 13.6. The van der Waals surface area contributed by atoms with Crippen molar-refractivity contribution in [2.75, 3.05) is 38.2 Å². The minimum absolute atomic E-state index is 0.0300. The number of amides is 1. The summed E-state index contributed by atoms with van der Waals surface area (Å²) in [7, 11) is 1.91. The molecule has 2 fully saturated rings. The first-order valence-corrected chi connectivity index (χ1v) is 14.1. The SMILES string of the molecule is Cc1cc(N(C)C(=O)C2CCC(Oc3cccc(COC[C@@H](C)O)c3)CC2)ccc1CN1CCN[C@@H](C)C1. The van der Waals surface area contributed by atoms with Gasteiger partial charge in [-0.1, -0.05) is 18.2 Å². The molecule has 1 saturated carbocycles. The fraction of sp³-hybridized carbons (Fsp3) is 0.581. The van der Waals surface area contributed by atoms with Gasteiger partial charge in [0, 0.05) is 50.9 Å². The van der Waals surface area contributed by atoms with Crippen LogP contribution in [0.3, 0.4) is 0 Å². The fourth-order valence-corrected chi connectivity index (χ4v) is 5.54. The number of piperazine rings is 1. The Morgan fingerprint density at radius 1 is 1.18 bits per heavy atom. The number of benzene rings is 2. The van der Waals surface area contributed by atoms with Crippen molar-refractivity contribution in [1.82, 2.24) is 10.2 Å². The van der Waals surface area contributed by atoms with Crippen LogP contribution in [0.5, 0.6) is 5.75 Å². The van der Waals surface area contributed by atoms with E-state index in [1.807, 2.05) is 36.2 Å². The summed E-state index contributed by atoms with van der Waals surface area (Å²) in [6, 6.07) is 14.9. The van der Waals surface area contributed by atoms with Gasteiger partial charge >= 0.3 is 0 Å². The zero-order chi connectivity index (χ0) is 27.1. The largest absolute Gasteiger partial charge is 0.490 e. The van der Waals surface area contributed by atoms with E-state index in [9.17, 15) is 9.90 Å². The Kier molecular flexibility index (Phi) is 10.2. The number of nitrogens with one attached hydrogen (secondary N) is 1. The van der Waals surface area contributed by atoms with Gasteiger partial charge in [0.15, 0.2) is 0 Å². The molecule has 0 bridgehead atoms. The van der Waals surface area contributed by atoms with Gasteiger partial charge in [0.1, 0.15) is 5.75 Å². The van der Waals surface area contributed by atoms with E-state index in [4.69, 9.17) is 9.47 Å². The van der Waals surface area contributed by atoms with E-state index in [1.165, 1.54) is 11.1 Å². The molecule has 2 N–H and O–H groups in total. The Bertz CT molecular complexity index is 1050. The number of nitrogens with zero attached hydrogens (tertiary/aromatic N) is 2. The zero-order valence-electron chi connectivity index (χ0n) is 23.5. The first-order chi connectivity index (χ1) is 18.3. The molecule has 0 unspecified atom stereocenters. The summed E-state index contributed by atoms with van der Waals surface area (Å²) in [5.41, 5.74) is 4.57. The summed E-state index contributed by atoms with van der Waals surface area (Å²) < 4.78 is 11.8. The number of hydrogen-bond donors (Lipinski definition) is 2. The second-order valence-corrected chi connectivity index (χ2v) is 11.2. The van der Waals surface area contributed by atoms with Crippen molar-refractivity contribution in [3.05, 3.63) is 59.2 Å². The number of carbonyl (C=O) groups is 1. The van der Waals surface area contributed by atoms with Crippen molar-refractivity contribution >= 4 is 11.6 Å². The lowest BCUT2D eigenvalue weighted by Crippen LogP contribution is -2.48. The molecule has 2 aromatic carbocycles.